The highest BCUT2D eigenvalue weighted by Crippen LogP contribution is 2.17. The molecule has 1 saturated heterocycles. The zero-order valence-corrected chi connectivity index (χ0v) is 19.4. The molecule has 0 aliphatic carbocycles. The van der Waals surface area contributed by atoms with E-state index >= 15 is 0 Å². The van der Waals surface area contributed by atoms with Gasteiger partial charge in [0.2, 0.25) is 11.9 Å². The van der Waals surface area contributed by atoms with Gasteiger partial charge in [0, 0.05) is 50.7 Å². The number of nitrogens with one attached hydrogen (secondary N) is 2. The quantitative estimate of drug-likeness (QED) is 0.545. The van der Waals surface area contributed by atoms with Crippen molar-refractivity contribution in [3.05, 3.63) is 60.0 Å². The first-order valence-electron chi connectivity index (χ1n) is 10.7. The molecule has 1 aromatic carbocycles. The average molecular weight is 467 g/mol. The zero-order valence-electron chi connectivity index (χ0n) is 18.6. The number of anilines is 4. The van der Waals surface area contributed by atoms with Gasteiger partial charge in [-0.15, -0.1) is 0 Å². The van der Waals surface area contributed by atoms with Gasteiger partial charge in [-0.25, -0.2) is 13.5 Å². The van der Waals surface area contributed by atoms with E-state index in [1.54, 1.807) is 18.4 Å². The van der Waals surface area contributed by atoms with Gasteiger partial charge in [0.15, 0.2) is 0 Å². The molecule has 1 aliphatic heterocycles. The maximum Gasteiger partial charge on any atom is 0.257 e. The van der Waals surface area contributed by atoms with Gasteiger partial charge in [0.25, 0.3) is 5.91 Å². The fourth-order valence-electron chi connectivity index (χ4n) is 3.35. The molecular formula is C22H26N8O2S. The van der Waals surface area contributed by atoms with Crippen molar-refractivity contribution < 1.29 is 9.00 Å². The second-order valence-corrected chi connectivity index (χ2v) is 8.81. The predicted octanol–water partition coefficient (Wildman–Crippen LogP) is 2.24. The molecule has 1 aliphatic rings. The number of para-hydroxylation sites is 1. The molecule has 3 heterocycles. The summed E-state index contributed by atoms with van der Waals surface area (Å²) < 4.78 is 13.6. The SMILES string of the molecule is CCc1nc(Nc2ccc(C(=O)Nc3ccccc3)cn2)nc(N2CCN(S(C)=O)CC2)n1. The van der Waals surface area contributed by atoms with Crippen LogP contribution in [0.25, 0.3) is 0 Å². The third kappa shape index (κ3) is 5.88. The maximum absolute atomic E-state index is 12.4. The van der Waals surface area contributed by atoms with Crippen molar-refractivity contribution in [1.29, 1.82) is 0 Å². The smallest absolute Gasteiger partial charge is 0.257 e. The first-order chi connectivity index (χ1) is 16.0. The van der Waals surface area contributed by atoms with Crippen molar-refractivity contribution in [2.75, 3.05) is 48.0 Å². The summed E-state index contributed by atoms with van der Waals surface area (Å²) >= 11 is 0. The van der Waals surface area contributed by atoms with Gasteiger partial charge >= 0.3 is 0 Å². The zero-order chi connectivity index (χ0) is 23.2. The fourth-order valence-corrected chi connectivity index (χ4v) is 4.03. The normalized spacial score (nSPS) is 15.2. The molecular weight excluding hydrogens is 440 g/mol. The average Bonchev–Trinajstić information content (AvgIpc) is 2.85. The fraction of sp³-hybridized carbons (Fsp3) is 0.318. The number of carbonyl (C=O) groups excluding carboxylic acids is 1. The lowest BCUT2D eigenvalue weighted by atomic mass is 10.2. The van der Waals surface area contributed by atoms with E-state index < -0.39 is 11.0 Å². The standard InChI is InChI=1S/C22H26N8O2S/c1-3-18-25-21(28-22(27-18)29-11-13-30(14-12-29)33(2)32)26-19-10-9-16(15-23-19)20(31)24-17-7-5-4-6-8-17/h4-10,15H,3,11-14H2,1-2H3,(H,24,31)(H,23,25,26,27,28). The van der Waals surface area contributed by atoms with Crippen LogP contribution in [0, 0.1) is 0 Å². The second-order valence-electron chi connectivity index (χ2n) is 7.45. The molecule has 0 bridgehead atoms. The largest absolute Gasteiger partial charge is 0.338 e. The number of aromatic nitrogens is 4. The minimum atomic E-state index is -0.973. The second kappa shape index (κ2) is 10.5. The van der Waals surface area contributed by atoms with E-state index in [4.69, 9.17) is 0 Å². The first kappa shape index (κ1) is 22.7. The van der Waals surface area contributed by atoms with Gasteiger partial charge < -0.3 is 15.5 Å². The lowest BCUT2D eigenvalue weighted by Gasteiger charge is -2.33. The highest BCUT2D eigenvalue weighted by atomic mass is 32.2. The number of amides is 1. The summed E-state index contributed by atoms with van der Waals surface area (Å²) in [6.07, 6.45) is 3.86. The molecule has 1 unspecified atom stereocenters. The molecule has 10 nitrogen and oxygen atoms in total. The Morgan fingerprint density at radius 1 is 1.03 bits per heavy atom. The van der Waals surface area contributed by atoms with E-state index in [9.17, 15) is 9.00 Å². The van der Waals surface area contributed by atoms with Crippen molar-refractivity contribution in [3.63, 3.8) is 0 Å². The van der Waals surface area contributed by atoms with E-state index in [0.717, 1.165) is 5.69 Å². The molecule has 0 spiro atoms. The number of rotatable bonds is 7. The third-order valence-corrected chi connectivity index (χ3v) is 6.26. The van der Waals surface area contributed by atoms with Crippen LogP contribution in [-0.2, 0) is 17.4 Å². The van der Waals surface area contributed by atoms with E-state index in [1.165, 1.54) is 6.20 Å². The van der Waals surface area contributed by atoms with Crippen molar-refractivity contribution in [3.8, 4) is 0 Å². The van der Waals surface area contributed by atoms with Crippen LogP contribution >= 0.6 is 0 Å². The Morgan fingerprint density at radius 3 is 2.42 bits per heavy atom. The maximum atomic E-state index is 12.4. The van der Waals surface area contributed by atoms with Crippen molar-refractivity contribution in [2.24, 2.45) is 0 Å². The number of benzene rings is 1. The van der Waals surface area contributed by atoms with Crippen LogP contribution in [0.2, 0.25) is 0 Å². The molecule has 2 aromatic heterocycles. The highest BCUT2D eigenvalue weighted by molar-refractivity contribution is 7.81. The highest BCUT2D eigenvalue weighted by Gasteiger charge is 2.22. The van der Waals surface area contributed by atoms with Gasteiger partial charge in [-0.3, -0.25) is 4.79 Å². The number of carbonyl (C=O) groups is 1. The van der Waals surface area contributed by atoms with E-state index in [0.29, 0.717) is 61.7 Å². The van der Waals surface area contributed by atoms with Gasteiger partial charge in [-0.1, -0.05) is 25.1 Å². The topological polar surface area (TPSA) is 116 Å². The molecule has 33 heavy (non-hydrogen) atoms. The van der Waals surface area contributed by atoms with Crippen LogP contribution in [-0.4, -0.2) is 66.8 Å². The van der Waals surface area contributed by atoms with Crippen LogP contribution in [0.4, 0.5) is 23.4 Å². The van der Waals surface area contributed by atoms with Crippen LogP contribution < -0.4 is 15.5 Å². The molecule has 0 radical (unpaired) electrons. The van der Waals surface area contributed by atoms with Gasteiger partial charge in [0.05, 0.1) is 16.5 Å². The van der Waals surface area contributed by atoms with E-state index in [2.05, 4.69) is 35.5 Å². The van der Waals surface area contributed by atoms with Gasteiger partial charge in [0.1, 0.15) is 11.6 Å². The number of nitrogens with zero attached hydrogens (tertiary/aromatic N) is 6. The lowest BCUT2D eigenvalue weighted by molar-refractivity contribution is 0.102. The number of piperazine rings is 1. The minimum absolute atomic E-state index is 0.233. The van der Waals surface area contributed by atoms with Crippen LogP contribution in [0.15, 0.2) is 48.7 Å². The summed E-state index contributed by atoms with van der Waals surface area (Å²) in [6.45, 7) is 4.74. The molecule has 11 heteroatoms. The third-order valence-electron chi connectivity index (χ3n) is 5.17. The van der Waals surface area contributed by atoms with E-state index in [1.807, 2.05) is 41.6 Å². The van der Waals surface area contributed by atoms with Crippen LogP contribution in [0.5, 0.6) is 0 Å². The summed E-state index contributed by atoms with van der Waals surface area (Å²) in [5.74, 6) is 1.94. The summed E-state index contributed by atoms with van der Waals surface area (Å²) in [6, 6.07) is 12.7. The molecule has 0 saturated carbocycles. The summed E-state index contributed by atoms with van der Waals surface area (Å²) in [5.41, 5.74) is 1.17. The van der Waals surface area contributed by atoms with E-state index in [-0.39, 0.29) is 5.91 Å². The first-order valence-corrected chi connectivity index (χ1v) is 12.2. The Labute approximate surface area is 195 Å². The molecule has 1 fully saturated rings. The lowest BCUT2D eigenvalue weighted by Crippen LogP contribution is -2.47. The van der Waals surface area contributed by atoms with Gasteiger partial charge in [-0.2, -0.15) is 15.0 Å². The summed E-state index contributed by atoms with van der Waals surface area (Å²) in [7, 11) is -0.973. The molecule has 4 rings (SSSR count). The van der Waals surface area contributed by atoms with Crippen molar-refractivity contribution in [2.45, 2.75) is 13.3 Å². The summed E-state index contributed by atoms with van der Waals surface area (Å²) in [4.78, 5) is 32.4. The number of pyridine rings is 1. The van der Waals surface area contributed by atoms with Crippen LogP contribution in [0.3, 0.4) is 0 Å². The monoisotopic (exact) mass is 466 g/mol. The predicted molar refractivity (Wildman–Crippen MR) is 129 cm³/mol. The molecule has 3 aromatic rings. The number of hydrogen-bond donors (Lipinski definition) is 2. The van der Waals surface area contributed by atoms with Crippen molar-refractivity contribution >= 4 is 40.3 Å². The Kier molecular flexibility index (Phi) is 7.20. The van der Waals surface area contributed by atoms with Crippen LogP contribution in [0.1, 0.15) is 23.1 Å². The molecule has 1 atom stereocenters. The Hall–Kier alpha value is -3.44. The Balaban J connectivity index is 1.44. The van der Waals surface area contributed by atoms with Gasteiger partial charge in [-0.05, 0) is 24.3 Å². The molecule has 1 amide bonds. The number of aryl methyl sites for hydroxylation is 1. The minimum Gasteiger partial charge on any atom is -0.338 e. The summed E-state index contributed by atoms with van der Waals surface area (Å²) in [5, 5.41) is 5.95. The Bertz CT molecular complexity index is 1120. The Morgan fingerprint density at radius 2 is 1.79 bits per heavy atom. The van der Waals surface area contributed by atoms with Crippen molar-refractivity contribution in [1.82, 2.24) is 24.2 Å². The number of hydrogen-bond acceptors (Lipinski definition) is 8. The molecule has 172 valence electrons. The molecule has 2 N–H and O–H groups in total.